The van der Waals surface area contributed by atoms with Gasteiger partial charge in [0.15, 0.2) is 9.84 Å². The zero-order valence-corrected chi connectivity index (χ0v) is 14.0. The van der Waals surface area contributed by atoms with Gasteiger partial charge in [0.1, 0.15) is 5.25 Å². The fourth-order valence-corrected chi connectivity index (χ4v) is 3.45. The molecule has 7 heteroatoms. The SMILES string of the molecule is CC(C(=O)N1CCC(C(=O)O)(c2ccccc2)CC1)S(C)(=O)=O. The van der Waals surface area contributed by atoms with Gasteiger partial charge in [-0.3, -0.25) is 9.59 Å². The number of hydrogen-bond acceptors (Lipinski definition) is 4. The lowest BCUT2D eigenvalue weighted by Crippen LogP contribution is -2.51. The molecule has 1 unspecified atom stereocenters. The standard InChI is InChI=1S/C16H21NO5S/c1-12(23(2,21)22)14(18)17-10-8-16(9-11-17,15(19)20)13-6-4-3-5-7-13/h3-7,12H,8-11H2,1-2H3,(H,19,20). The Morgan fingerprint density at radius 2 is 1.70 bits per heavy atom. The molecule has 0 radical (unpaired) electrons. The summed E-state index contributed by atoms with van der Waals surface area (Å²) in [4.78, 5) is 25.6. The van der Waals surface area contributed by atoms with E-state index < -0.39 is 32.4 Å². The largest absolute Gasteiger partial charge is 0.481 e. The van der Waals surface area contributed by atoms with E-state index in [0.29, 0.717) is 0 Å². The first-order chi connectivity index (χ1) is 10.7. The number of amides is 1. The summed E-state index contributed by atoms with van der Waals surface area (Å²) < 4.78 is 23.1. The quantitative estimate of drug-likeness (QED) is 0.886. The minimum atomic E-state index is -3.46. The summed E-state index contributed by atoms with van der Waals surface area (Å²) in [6.45, 7) is 1.84. The highest BCUT2D eigenvalue weighted by atomic mass is 32.2. The second-order valence-electron chi connectivity index (χ2n) is 6.05. The van der Waals surface area contributed by atoms with E-state index in [1.54, 1.807) is 24.3 Å². The van der Waals surface area contributed by atoms with Gasteiger partial charge < -0.3 is 10.0 Å². The van der Waals surface area contributed by atoms with Crippen LogP contribution in [0.5, 0.6) is 0 Å². The van der Waals surface area contributed by atoms with E-state index in [9.17, 15) is 23.1 Å². The molecular formula is C16H21NO5S. The number of likely N-dealkylation sites (tertiary alicyclic amines) is 1. The van der Waals surface area contributed by atoms with Crippen LogP contribution in [0.1, 0.15) is 25.3 Å². The van der Waals surface area contributed by atoms with Gasteiger partial charge in [0.05, 0.1) is 5.41 Å². The smallest absolute Gasteiger partial charge is 0.314 e. The molecule has 1 aliphatic rings. The first kappa shape index (κ1) is 17.5. The molecule has 1 N–H and O–H groups in total. The summed E-state index contributed by atoms with van der Waals surface area (Å²) in [6, 6.07) is 8.98. The van der Waals surface area contributed by atoms with Crippen LogP contribution in [0.3, 0.4) is 0 Å². The van der Waals surface area contributed by atoms with Crippen LogP contribution in [0.15, 0.2) is 30.3 Å². The molecule has 23 heavy (non-hydrogen) atoms. The van der Waals surface area contributed by atoms with Gasteiger partial charge in [-0.05, 0) is 25.3 Å². The molecule has 0 spiro atoms. The molecule has 0 bridgehead atoms. The predicted molar refractivity (Wildman–Crippen MR) is 85.9 cm³/mol. The zero-order chi connectivity index (χ0) is 17.3. The van der Waals surface area contributed by atoms with Crippen molar-refractivity contribution in [2.24, 2.45) is 0 Å². The minimum Gasteiger partial charge on any atom is -0.481 e. The van der Waals surface area contributed by atoms with Gasteiger partial charge in [-0.1, -0.05) is 30.3 Å². The highest BCUT2D eigenvalue weighted by Gasteiger charge is 2.44. The van der Waals surface area contributed by atoms with Gasteiger partial charge in [-0.2, -0.15) is 0 Å². The Hall–Kier alpha value is -1.89. The monoisotopic (exact) mass is 339 g/mol. The molecule has 2 rings (SSSR count). The fourth-order valence-electron chi connectivity index (χ4n) is 2.93. The molecule has 1 heterocycles. The molecular weight excluding hydrogens is 318 g/mol. The van der Waals surface area contributed by atoms with Crippen LogP contribution in [-0.4, -0.2) is 54.9 Å². The highest BCUT2D eigenvalue weighted by Crippen LogP contribution is 2.36. The molecule has 1 saturated heterocycles. The van der Waals surface area contributed by atoms with Crippen LogP contribution in [-0.2, 0) is 24.8 Å². The molecule has 1 aromatic carbocycles. The van der Waals surface area contributed by atoms with Gasteiger partial charge in [-0.15, -0.1) is 0 Å². The van der Waals surface area contributed by atoms with Gasteiger partial charge in [-0.25, -0.2) is 8.42 Å². The average Bonchev–Trinajstić information content (AvgIpc) is 2.53. The van der Waals surface area contributed by atoms with Crippen molar-refractivity contribution in [3.63, 3.8) is 0 Å². The number of benzene rings is 1. The molecule has 126 valence electrons. The maximum Gasteiger partial charge on any atom is 0.314 e. The number of sulfone groups is 1. The van der Waals surface area contributed by atoms with Crippen LogP contribution in [0.25, 0.3) is 0 Å². The summed E-state index contributed by atoms with van der Waals surface area (Å²) in [5.74, 6) is -1.37. The Bertz CT molecular complexity index is 690. The summed E-state index contributed by atoms with van der Waals surface area (Å²) in [5.41, 5.74) is -0.303. The topological polar surface area (TPSA) is 91.8 Å². The number of carboxylic acids is 1. The summed E-state index contributed by atoms with van der Waals surface area (Å²) in [7, 11) is -3.46. The Balaban J connectivity index is 2.18. The van der Waals surface area contributed by atoms with E-state index in [1.807, 2.05) is 6.07 Å². The number of carbonyl (C=O) groups excluding carboxylic acids is 1. The van der Waals surface area contributed by atoms with Gasteiger partial charge >= 0.3 is 5.97 Å². The molecule has 1 amide bonds. The van der Waals surface area contributed by atoms with Crippen molar-refractivity contribution in [3.8, 4) is 0 Å². The molecule has 1 atom stereocenters. The third-order valence-electron chi connectivity index (χ3n) is 4.65. The average molecular weight is 339 g/mol. The van der Waals surface area contributed by atoms with Gasteiger partial charge in [0.25, 0.3) is 0 Å². The number of carbonyl (C=O) groups is 2. The lowest BCUT2D eigenvalue weighted by atomic mass is 9.73. The number of hydrogen-bond donors (Lipinski definition) is 1. The third kappa shape index (κ3) is 3.39. The van der Waals surface area contributed by atoms with Crippen LogP contribution in [0, 0.1) is 0 Å². The molecule has 0 aromatic heterocycles. The van der Waals surface area contributed by atoms with Crippen LogP contribution in [0.4, 0.5) is 0 Å². The number of piperidine rings is 1. The molecule has 0 aliphatic carbocycles. The normalized spacial score (nSPS) is 19.1. The minimum absolute atomic E-state index is 0.236. The van der Waals surface area contributed by atoms with Crippen LogP contribution < -0.4 is 0 Å². The lowest BCUT2D eigenvalue weighted by Gasteiger charge is -2.39. The predicted octanol–water partition coefficient (Wildman–Crippen LogP) is 1.06. The van der Waals surface area contributed by atoms with Crippen molar-refractivity contribution in [1.82, 2.24) is 4.90 Å². The first-order valence-electron chi connectivity index (χ1n) is 7.45. The second-order valence-corrected chi connectivity index (χ2v) is 8.42. The maximum atomic E-state index is 12.3. The number of rotatable bonds is 4. The van der Waals surface area contributed by atoms with Gasteiger partial charge in [0.2, 0.25) is 5.91 Å². The first-order valence-corrected chi connectivity index (χ1v) is 9.40. The van der Waals surface area contributed by atoms with Crippen LogP contribution in [0.2, 0.25) is 0 Å². The molecule has 6 nitrogen and oxygen atoms in total. The van der Waals surface area contributed by atoms with Crippen molar-refractivity contribution >= 4 is 21.7 Å². The van der Waals surface area contributed by atoms with E-state index >= 15 is 0 Å². The van der Waals surface area contributed by atoms with Crippen molar-refractivity contribution in [2.75, 3.05) is 19.3 Å². The fraction of sp³-hybridized carbons (Fsp3) is 0.500. The van der Waals surface area contributed by atoms with E-state index in [2.05, 4.69) is 0 Å². The summed E-state index contributed by atoms with van der Waals surface area (Å²) in [6.07, 6.45) is 1.58. The van der Waals surface area contributed by atoms with E-state index in [1.165, 1.54) is 11.8 Å². The van der Waals surface area contributed by atoms with Crippen molar-refractivity contribution < 1.29 is 23.1 Å². The molecule has 1 fully saturated rings. The van der Waals surface area contributed by atoms with Crippen molar-refractivity contribution in [1.29, 1.82) is 0 Å². The Kier molecular flexibility index (Phi) is 4.79. The van der Waals surface area contributed by atoms with Crippen molar-refractivity contribution in [3.05, 3.63) is 35.9 Å². The Labute approximate surface area is 136 Å². The second kappa shape index (κ2) is 6.31. The zero-order valence-electron chi connectivity index (χ0n) is 13.2. The number of aliphatic carboxylic acids is 1. The van der Waals surface area contributed by atoms with E-state index in [0.717, 1.165) is 11.8 Å². The third-order valence-corrected chi connectivity index (χ3v) is 6.14. The molecule has 1 aromatic rings. The number of carboxylic acid groups (broad SMARTS) is 1. The van der Waals surface area contributed by atoms with Gasteiger partial charge in [0, 0.05) is 19.3 Å². The van der Waals surface area contributed by atoms with Crippen LogP contribution >= 0.6 is 0 Å². The Morgan fingerprint density at radius 1 is 1.17 bits per heavy atom. The highest BCUT2D eigenvalue weighted by molar-refractivity contribution is 7.92. The van der Waals surface area contributed by atoms with E-state index in [-0.39, 0.29) is 25.9 Å². The van der Waals surface area contributed by atoms with E-state index in [4.69, 9.17) is 0 Å². The molecule has 0 saturated carbocycles. The Morgan fingerprint density at radius 3 is 2.13 bits per heavy atom. The summed E-state index contributed by atoms with van der Waals surface area (Å²) in [5, 5.41) is 8.61. The molecule has 1 aliphatic heterocycles. The van der Waals surface area contributed by atoms with Crippen molar-refractivity contribution in [2.45, 2.75) is 30.4 Å². The number of nitrogens with zero attached hydrogens (tertiary/aromatic N) is 1. The lowest BCUT2D eigenvalue weighted by molar-refractivity contribution is -0.148. The maximum absolute atomic E-state index is 12.3. The summed E-state index contributed by atoms with van der Waals surface area (Å²) >= 11 is 0.